The van der Waals surface area contributed by atoms with E-state index in [2.05, 4.69) is 48.2 Å². The Kier molecular flexibility index (Phi) is 4.44. The Hall–Kier alpha value is -1.87. The zero-order valence-electron chi connectivity index (χ0n) is 13.4. The van der Waals surface area contributed by atoms with E-state index in [4.69, 9.17) is 0 Å². The second-order valence-electron chi connectivity index (χ2n) is 6.45. The third kappa shape index (κ3) is 3.66. The summed E-state index contributed by atoms with van der Waals surface area (Å²) >= 11 is 0. The van der Waals surface area contributed by atoms with E-state index >= 15 is 0 Å². The number of benzene rings is 1. The van der Waals surface area contributed by atoms with Crippen molar-refractivity contribution in [3.8, 4) is 0 Å². The zero-order chi connectivity index (χ0) is 15.5. The molecule has 1 aromatic heterocycles. The van der Waals surface area contributed by atoms with Gasteiger partial charge in [-0.2, -0.15) is 0 Å². The molecule has 0 aliphatic heterocycles. The highest BCUT2D eigenvalue weighted by Gasteiger charge is 2.32. The molecule has 1 heterocycles. The Bertz CT molecular complexity index is 673. The molecule has 3 nitrogen and oxygen atoms in total. The normalized spacial score (nSPS) is 16.0. The number of hydrogen-bond acceptors (Lipinski definition) is 2. The average Bonchev–Trinajstić information content (AvgIpc) is 3.35. The van der Waals surface area contributed by atoms with E-state index in [0.29, 0.717) is 6.04 Å². The molecule has 1 aromatic carbocycles. The minimum absolute atomic E-state index is 0.0660. The summed E-state index contributed by atoms with van der Waals surface area (Å²) in [6.07, 6.45) is 4.53. The first-order chi connectivity index (χ1) is 10.6. The Morgan fingerprint density at radius 2 is 1.82 bits per heavy atom. The molecule has 0 bridgehead atoms. The van der Waals surface area contributed by atoms with Crippen LogP contribution in [0, 0.1) is 5.92 Å². The fourth-order valence-corrected chi connectivity index (χ4v) is 2.96. The van der Waals surface area contributed by atoms with E-state index in [1.165, 1.54) is 18.4 Å². The molecule has 2 aromatic rings. The third-order valence-electron chi connectivity index (χ3n) is 4.66. The van der Waals surface area contributed by atoms with Crippen molar-refractivity contribution < 1.29 is 0 Å². The molecule has 0 amide bonds. The van der Waals surface area contributed by atoms with Crippen LogP contribution in [0.2, 0.25) is 0 Å². The van der Waals surface area contributed by atoms with Crippen LogP contribution in [0.4, 0.5) is 0 Å². The topological polar surface area (TPSA) is 25.2 Å². The zero-order valence-corrected chi connectivity index (χ0v) is 13.4. The van der Waals surface area contributed by atoms with Gasteiger partial charge >= 0.3 is 0 Å². The van der Waals surface area contributed by atoms with Crippen molar-refractivity contribution in [3.05, 3.63) is 70.1 Å². The molecule has 0 N–H and O–H groups in total. The highest BCUT2D eigenvalue weighted by atomic mass is 16.1. The van der Waals surface area contributed by atoms with Crippen LogP contribution in [0.15, 0.2) is 53.5 Å². The summed E-state index contributed by atoms with van der Waals surface area (Å²) in [5.41, 5.74) is 2.50. The van der Waals surface area contributed by atoms with Crippen LogP contribution in [0.1, 0.15) is 30.9 Å². The molecule has 3 rings (SSSR count). The largest absolute Gasteiger partial charge is 0.319 e. The second-order valence-corrected chi connectivity index (χ2v) is 6.45. The number of hydrogen-bond donors (Lipinski definition) is 0. The minimum atomic E-state index is 0.0660. The van der Waals surface area contributed by atoms with Crippen LogP contribution >= 0.6 is 0 Å². The van der Waals surface area contributed by atoms with E-state index < -0.39 is 0 Å². The van der Waals surface area contributed by atoms with Crippen molar-refractivity contribution in [2.75, 3.05) is 0 Å². The summed E-state index contributed by atoms with van der Waals surface area (Å²) < 4.78 is 1.62. The maximum Gasteiger partial charge on any atom is 0.250 e. The number of pyridine rings is 1. The van der Waals surface area contributed by atoms with Gasteiger partial charge in [-0.15, -0.1) is 0 Å². The van der Waals surface area contributed by atoms with E-state index in [-0.39, 0.29) is 5.56 Å². The molecule has 0 spiro atoms. The Labute approximate surface area is 132 Å². The quantitative estimate of drug-likeness (QED) is 0.818. The number of rotatable bonds is 6. The molecule has 1 fully saturated rings. The first-order valence-electron chi connectivity index (χ1n) is 8.07. The summed E-state index contributed by atoms with van der Waals surface area (Å²) in [6, 6.07) is 15.0. The van der Waals surface area contributed by atoms with E-state index in [0.717, 1.165) is 24.6 Å². The molecular formula is C19H24N2O. The van der Waals surface area contributed by atoms with Crippen molar-refractivity contribution in [2.24, 2.45) is 13.0 Å². The Morgan fingerprint density at radius 1 is 1.14 bits per heavy atom. The summed E-state index contributed by atoms with van der Waals surface area (Å²) in [6.45, 7) is 4.10. The lowest BCUT2D eigenvalue weighted by atomic mass is 10.1. The summed E-state index contributed by atoms with van der Waals surface area (Å²) in [7, 11) is 1.79. The van der Waals surface area contributed by atoms with Gasteiger partial charge in [-0.3, -0.25) is 9.69 Å². The van der Waals surface area contributed by atoms with Gasteiger partial charge in [-0.05, 0) is 42.9 Å². The van der Waals surface area contributed by atoms with E-state index in [9.17, 15) is 4.79 Å². The van der Waals surface area contributed by atoms with E-state index in [1.54, 1.807) is 17.7 Å². The minimum Gasteiger partial charge on any atom is -0.319 e. The standard InChI is InChI=1S/C19H24N2O/c1-15(18-8-9-18)21(13-16-6-4-3-5-7-16)14-17-10-11-20(2)19(22)12-17/h3-7,10-12,15,18H,8-9,13-14H2,1-2H3/t15-/m1/s1. The van der Waals surface area contributed by atoms with Gasteiger partial charge in [0.05, 0.1) is 0 Å². The fraction of sp³-hybridized carbons (Fsp3) is 0.421. The Balaban J connectivity index is 1.78. The van der Waals surface area contributed by atoms with E-state index in [1.807, 2.05) is 6.20 Å². The van der Waals surface area contributed by atoms with Crippen molar-refractivity contribution in [1.82, 2.24) is 9.47 Å². The van der Waals surface area contributed by atoms with Gasteiger partial charge in [0.2, 0.25) is 0 Å². The predicted molar refractivity (Wildman–Crippen MR) is 89.6 cm³/mol. The smallest absolute Gasteiger partial charge is 0.250 e. The summed E-state index contributed by atoms with van der Waals surface area (Å²) in [5, 5.41) is 0. The highest BCUT2D eigenvalue weighted by Crippen LogP contribution is 2.36. The lowest BCUT2D eigenvalue weighted by Gasteiger charge is -2.29. The van der Waals surface area contributed by atoms with Gasteiger partial charge in [0.1, 0.15) is 0 Å². The first-order valence-corrected chi connectivity index (χ1v) is 8.07. The molecule has 0 saturated heterocycles. The maximum absolute atomic E-state index is 11.8. The van der Waals surface area contributed by atoms with Gasteiger partial charge < -0.3 is 4.57 Å². The maximum atomic E-state index is 11.8. The SMILES string of the molecule is C[C@H](C1CC1)N(Cc1ccccc1)Cc1ccn(C)c(=O)c1. The molecule has 1 aliphatic carbocycles. The predicted octanol–water partition coefficient (Wildman–Crippen LogP) is 3.19. The first kappa shape index (κ1) is 15.0. The number of aryl methyl sites for hydroxylation is 1. The molecule has 116 valence electrons. The van der Waals surface area contributed by atoms with Crippen LogP contribution in [-0.4, -0.2) is 15.5 Å². The molecule has 1 aliphatic rings. The van der Waals surface area contributed by atoms with Gasteiger partial charge in [-0.1, -0.05) is 30.3 Å². The van der Waals surface area contributed by atoms with Crippen LogP contribution < -0.4 is 5.56 Å². The van der Waals surface area contributed by atoms with Crippen molar-refractivity contribution in [3.63, 3.8) is 0 Å². The van der Waals surface area contributed by atoms with Gasteiger partial charge in [0.15, 0.2) is 0 Å². The molecule has 3 heteroatoms. The fourth-order valence-electron chi connectivity index (χ4n) is 2.96. The van der Waals surface area contributed by atoms with Gasteiger partial charge in [0.25, 0.3) is 5.56 Å². The van der Waals surface area contributed by atoms with Crippen LogP contribution in [0.5, 0.6) is 0 Å². The van der Waals surface area contributed by atoms with Crippen LogP contribution in [0.3, 0.4) is 0 Å². The van der Waals surface area contributed by atoms with Crippen molar-refractivity contribution in [1.29, 1.82) is 0 Å². The van der Waals surface area contributed by atoms with Crippen LogP contribution in [0.25, 0.3) is 0 Å². The lowest BCUT2D eigenvalue weighted by Crippen LogP contribution is -2.34. The summed E-state index contributed by atoms with van der Waals surface area (Å²) in [4.78, 5) is 14.3. The van der Waals surface area contributed by atoms with Crippen molar-refractivity contribution in [2.45, 2.75) is 38.9 Å². The molecule has 0 radical (unpaired) electrons. The lowest BCUT2D eigenvalue weighted by molar-refractivity contribution is 0.172. The number of aromatic nitrogens is 1. The molecule has 0 unspecified atom stereocenters. The second kappa shape index (κ2) is 6.49. The van der Waals surface area contributed by atoms with Gasteiger partial charge in [-0.25, -0.2) is 0 Å². The molecule has 1 atom stereocenters. The Morgan fingerprint density at radius 3 is 2.45 bits per heavy atom. The molecular weight excluding hydrogens is 272 g/mol. The van der Waals surface area contributed by atoms with Crippen LogP contribution in [-0.2, 0) is 20.1 Å². The molecule has 1 saturated carbocycles. The third-order valence-corrected chi connectivity index (χ3v) is 4.66. The monoisotopic (exact) mass is 296 g/mol. The number of nitrogens with zero attached hydrogens (tertiary/aromatic N) is 2. The van der Waals surface area contributed by atoms with Gasteiger partial charge in [0, 0.05) is 38.4 Å². The van der Waals surface area contributed by atoms with Crippen molar-refractivity contribution >= 4 is 0 Å². The highest BCUT2D eigenvalue weighted by molar-refractivity contribution is 5.16. The average molecular weight is 296 g/mol. The molecule has 22 heavy (non-hydrogen) atoms. The summed E-state index contributed by atoms with van der Waals surface area (Å²) in [5.74, 6) is 0.815.